The van der Waals surface area contributed by atoms with E-state index in [2.05, 4.69) is 46.3 Å². The summed E-state index contributed by atoms with van der Waals surface area (Å²) in [5.74, 6) is 1.22. The molecule has 1 saturated heterocycles. The van der Waals surface area contributed by atoms with Crippen LogP contribution < -0.4 is 19.7 Å². The van der Waals surface area contributed by atoms with Crippen molar-refractivity contribution in [3.05, 3.63) is 59.7 Å². The molecular formula is C24H31N3O3. The maximum absolute atomic E-state index is 12.1. The Balaban J connectivity index is 1.39. The predicted octanol–water partition coefficient (Wildman–Crippen LogP) is 2.96. The van der Waals surface area contributed by atoms with Gasteiger partial charge in [0.2, 0.25) is 5.91 Å². The summed E-state index contributed by atoms with van der Waals surface area (Å²) in [6, 6.07) is 14.2. The molecule has 3 rings (SSSR count). The molecular weight excluding hydrogens is 378 g/mol. The Morgan fingerprint density at radius 3 is 2.50 bits per heavy atom. The number of benzene rings is 2. The van der Waals surface area contributed by atoms with Crippen molar-refractivity contribution in [1.82, 2.24) is 10.2 Å². The zero-order valence-corrected chi connectivity index (χ0v) is 18.1. The summed E-state index contributed by atoms with van der Waals surface area (Å²) in [6.45, 7) is 7.66. The van der Waals surface area contributed by atoms with E-state index in [1.165, 1.54) is 11.3 Å². The van der Waals surface area contributed by atoms with E-state index in [9.17, 15) is 4.79 Å². The number of ether oxygens (including phenoxy) is 2. The second-order valence-corrected chi connectivity index (χ2v) is 7.41. The standard InChI is InChI=1S/C24H31N3O3/c1-19-5-4-6-21(17-19)27-15-13-26(14-16-27)12-11-25-24(28)10-8-20-7-9-22(29-2)23(18-20)30-3/h4-10,17-18H,11-16H2,1-3H3,(H,25,28)/b10-8+. The van der Waals surface area contributed by atoms with Gasteiger partial charge in [-0.05, 0) is 48.4 Å². The third-order valence-corrected chi connectivity index (χ3v) is 5.30. The first-order valence-corrected chi connectivity index (χ1v) is 10.3. The molecule has 0 bridgehead atoms. The number of nitrogens with one attached hydrogen (secondary N) is 1. The van der Waals surface area contributed by atoms with Crippen molar-refractivity contribution >= 4 is 17.7 Å². The summed E-state index contributed by atoms with van der Waals surface area (Å²) in [5, 5.41) is 2.96. The summed E-state index contributed by atoms with van der Waals surface area (Å²) in [7, 11) is 3.20. The lowest BCUT2D eigenvalue weighted by atomic mass is 10.2. The molecule has 30 heavy (non-hydrogen) atoms. The lowest BCUT2D eigenvalue weighted by Crippen LogP contribution is -2.48. The number of piperazine rings is 1. The Morgan fingerprint density at radius 1 is 1.03 bits per heavy atom. The van der Waals surface area contributed by atoms with Crippen LogP contribution in [-0.4, -0.2) is 64.3 Å². The first kappa shape index (κ1) is 21.7. The topological polar surface area (TPSA) is 54.0 Å². The van der Waals surface area contributed by atoms with Gasteiger partial charge in [-0.15, -0.1) is 0 Å². The van der Waals surface area contributed by atoms with Gasteiger partial charge >= 0.3 is 0 Å². The van der Waals surface area contributed by atoms with E-state index in [1.807, 2.05) is 18.2 Å². The van der Waals surface area contributed by atoms with E-state index in [1.54, 1.807) is 26.4 Å². The maximum atomic E-state index is 12.1. The van der Waals surface area contributed by atoms with Crippen LogP contribution in [0.3, 0.4) is 0 Å². The van der Waals surface area contributed by atoms with Gasteiger partial charge in [0.15, 0.2) is 11.5 Å². The average molecular weight is 410 g/mol. The fourth-order valence-corrected chi connectivity index (χ4v) is 3.58. The van der Waals surface area contributed by atoms with Crippen LogP contribution in [0.4, 0.5) is 5.69 Å². The van der Waals surface area contributed by atoms with Crippen LogP contribution in [0.1, 0.15) is 11.1 Å². The molecule has 6 heteroatoms. The van der Waals surface area contributed by atoms with E-state index in [-0.39, 0.29) is 5.91 Å². The monoisotopic (exact) mass is 409 g/mol. The first-order valence-electron chi connectivity index (χ1n) is 10.3. The summed E-state index contributed by atoms with van der Waals surface area (Å²) >= 11 is 0. The van der Waals surface area contributed by atoms with Gasteiger partial charge in [-0.3, -0.25) is 9.69 Å². The summed E-state index contributed by atoms with van der Waals surface area (Å²) in [4.78, 5) is 16.9. The molecule has 0 radical (unpaired) electrons. The molecule has 1 aliphatic heterocycles. The highest BCUT2D eigenvalue weighted by Gasteiger charge is 2.16. The zero-order chi connectivity index (χ0) is 21.3. The number of methoxy groups -OCH3 is 2. The van der Waals surface area contributed by atoms with Gasteiger partial charge in [0.1, 0.15) is 0 Å². The highest BCUT2D eigenvalue weighted by atomic mass is 16.5. The number of aryl methyl sites for hydroxylation is 1. The molecule has 0 unspecified atom stereocenters. The number of hydrogen-bond donors (Lipinski definition) is 1. The molecule has 2 aromatic carbocycles. The molecule has 0 spiro atoms. The largest absolute Gasteiger partial charge is 0.493 e. The van der Waals surface area contributed by atoms with Crippen LogP contribution in [0.5, 0.6) is 11.5 Å². The molecule has 1 aliphatic rings. The highest BCUT2D eigenvalue weighted by Crippen LogP contribution is 2.27. The second kappa shape index (κ2) is 10.7. The molecule has 0 aliphatic carbocycles. The minimum atomic E-state index is -0.0943. The first-order chi connectivity index (χ1) is 14.6. The van der Waals surface area contributed by atoms with Crippen LogP contribution in [-0.2, 0) is 4.79 Å². The zero-order valence-electron chi connectivity index (χ0n) is 18.1. The Labute approximate surface area is 179 Å². The molecule has 6 nitrogen and oxygen atoms in total. The van der Waals surface area contributed by atoms with Gasteiger partial charge < -0.3 is 19.7 Å². The number of rotatable bonds is 8. The molecule has 2 aromatic rings. The van der Waals surface area contributed by atoms with Gasteiger partial charge in [0, 0.05) is 51.0 Å². The molecule has 1 heterocycles. The molecule has 1 N–H and O–H groups in total. The van der Waals surface area contributed by atoms with Crippen molar-refractivity contribution in [2.75, 3.05) is 58.4 Å². The van der Waals surface area contributed by atoms with Crippen LogP contribution in [0.2, 0.25) is 0 Å². The summed E-state index contributed by atoms with van der Waals surface area (Å²) in [6.07, 6.45) is 3.33. The van der Waals surface area contributed by atoms with Gasteiger partial charge in [-0.1, -0.05) is 18.2 Å². The van der Waals surface area contributed by atoms with Crippen molar-refractivity contribution in [3.8, 4) is 11.5 Å². The molecule has 0 saturated carbocycles. The van der Waals surface area contributed by atoms with Crippen molar-refractivity contribution in [2.24, 2.45) is 0 Å². The fraction of sp³-hybridized carbons (Fsp3) is 0.375. The van der Waals surface area contributed by atoms with Crippen molar-refractivity contribution in [3.63, 3.8) is 0 Å². The van der Waals surface area contributed by atoms with Gasteiger partial charge in [0.25, 0.3) is 0 Å². The van der Waals surface area contributed by atoms with Crippen LogP contribution in [0.25, 0.3) is 6.08 Å². The van der Waals surface area contributed by atoms with Gasteiger partial charge in [-0.2, -0.15) is 0 Å². The molecule has 160 valence electrons. The minimum Gasteiger partial charge on any atom is -0.493 e. The highest BCUT2D eigenvalue weighted by molar-refractivity contribution is 5.91. The molecule has 0 aromatic heterocycles. The Kier molecular flexibility index (Phi) is 7.74. The smallest absolute Gasteiger partial charge is 0.244 e. The number of carbonyl (C=O) groups is 1. The van der Waals surface area contributed by atoms with Crippen molar-refractivity contribution in [1.29, 1.82) is 0 Å². The maximum Gasteiger partial charge on any atom is 0.244 e. The van der Waals surface area contributed by atoms with Crippen LogP contribution >= 0.6 is 0 Å². The van der Waals surface area contributed by atoms with E-state index in [0.717, 1.165) is 38.3 Å². The van der Waals surface area contributed by atoms with E-state index >= 15 is 0 Å². The normalized spacial score (nSPS) is 14.7. The third-order valence-electron chi connectivity index (χ3n) is 5.30. The predicted molar refractivity (Wildman–Crippen MR) is 121 cm³/mol. The van der Waals surface area contributed by atoms with E-state index < -0.39 is 0 Å². The average Bonchev–Trinajstić information content (AvgIpc) is 2.78. The minimum absolute atomic E-state index is 0.0943. The van der Waals surface area contributed by atoms with Crippen LogP contribution in [0.15, 0.2) is 48.5 Å². The lowest BCUT2D eigenvalue weighted by Gasteiger charge is -2.36. The third kappa shape index (κ3) is 6.00. The summed E-state index contributed by atoms with van der Waals surface area (Å²) in [5.41, 5.74) is 3.47. The molecule has 1 amide bonds. The lowest BCUT2D eigenvalue weighted by molar-refractivity contribution is -0.116. The molecule has 0 atom stereocenters. The number of hydrogen-bond acceptors (Lipinski definition) is 5. The second-order valence-electron chi connectivity index (χ2n) is 7.41. The van der Waals surface area contributed by atoms with Gasteiger partial charge in [0.05, 0.1) is 14.2 Å². The fourth-order valence-electron chi connectivity index (χ4n) is 3.58. The number of carbonyl (C=O) groups excluding carboxylic acids is 1. The Hall–Kier alpha value is -2.99. The van der Waals surface area contributed by atoms with Crippen molar-refractivity contribution in [2.45, 2.75) is 6.92 Å². The van der Waals surface area contributed by atoms with E-state index in [4.69, 9.17) is 9.47 Å². The molecule has 1 fully saturated rings. The number of anilines is 1. The van der Waals surface area contributed by atoms with Crippen LogP contribution in [0, 0.1) is 6.92 Å². The SMILES string of the molecule is COc1ccc(/C=C/C(=O)NCCN2CCN(c3cccc(C)c3)CC2)cc1OC. The Morgan fingerprint density at radius 2 is 1.80 bits per heavy atom. The van der Waals surface area contributed by atoms with Crippen molar-refractivity contribution < 1.29 is 14.3 Å². The van der Waals surface area contributed by atoms with E-state index in [0.29, 0.717) is 18.0 Å². The quantitative estimate of drug-likeness (QED) is 0.680. The van der Waals surface area contributed by atoms with Gasteiger partial charge in [-0.25, -0.2) is 0 Å². The Bertz CT molecular complexity index is 874. The summed E-state index contributed by atoms with van der Waals surface area (Å²) < 4.78 is 10.5. The number of amides is 1. The number of nitrogens with zero attached hydrogens (tertiary/aromatic N) is 2.